The third-order valence-electron chi connectivity index (χ3n) is 5.20. The molecular weight excluding hydrogens is 300 g/mol. The SMILES string of the molecule is OCCc1c(F)cc(OCCC2CC2C2CCNCC2)cc1F. The van der Waals surface area contributed by atoms with Gasteiger partial charge in [0.05, 0.1) is 6.61 Å². The molecule has 1 aliphatic carbocycles. The molecule has 1 saturated heterocycles. The summed E-state index contributed by atoms with van der Waals surface area (Å²) in [6, 6.07) is 2.43. The molecule has 0 aromatic heterocycles. The van der Waals surface area contributed by atoms with Gasteiger partial charge in [-0.2, -0.15) is 0 Å². The summed E-state index contributed by atoms with van der Waals surface area (Å²) >= 11 is 0. The zero-order valence-electron chi connectivity index (χ0n) is 13.4. The van der Waals surface area contributed by atoms with Gasteiger partial charge in [0.25, 0.3) is 0 Å². The van der Waals surface area contributed by atoms with Gasteiger partial charge >= 0.3 is 0 Å². The quantitative estimate of drug-likeness (QED) is 0.810. The van der Waals surface area contributed by atoms with Gasteiger partial charge in [-0.25, -0.2) is 8.78 Å². The molecule has 0 bridgehead atoms. The third kappa shape index (κ3) is 4.21. The number of ether oxygens (including phenoxy) is 1. The molecule has 2 unspecified atom stereocenters. The first-order chi connectivity index (χ1) is 11.2. The Hall–Kier alpha value is -1.20. The lowest BCUT2D eigenvalue weighted by molar-refractivity contribution is 0.276. The Kier molecular flexibility index (Phi) is 5.49. The molecule has 23 heavy (non-hydrogen) atoms. The molecule has 5 heteroatoms. The van der Waals surface area contributed by atoms with Crippen LogP contribution in [0.1, 0.15) is 31.2 Å². The highest BCUT2D eigenvalue weighted by Gasteiger charge is 2.42. The van der Waals surface area contributed by atoms with Crippen LogP contribution >= 0.6 is 0 Å². The molecule has 2 aliphatic rings. The Morgan fingerprint density at radius 1 is 1.17 bits per heavy atom. The molecule has 3 nitrogen and oxygen atoms in total. The van der Waals surface area contributed by atoms with Crippen molar-refractivity contribution in [3.63, 3.8) is 0 Å². The molecule has 2 N–H and O–H groups in total. The average molecular weight is 325 g/mol. The second-order valence-electron chi connectivity index (χ2n) is 6.72. The Balaban J connectivity index is 1.44. The van der Waals surface area contributed by atoms with Crippen molar-refractivity contribution in [2.24, 2.45) is 17.8 Å². The van der Waals surface area contributed by atoms with Crippen molar-refractivity contribution in [3.8, 4) is 5.75 Å². The van der Waals surface area contributed by atoms with Crippen LogP contribution in [0.25, 0.3) is 0 Å². The van der Waals surface area contributed by atoms with Crippen molar-refractivity contribution in [2.75, 3.05) is 26.3 Å². The molecule has 0 spiro atoms. The fraction of sp³-hybridized carbons (Fsp3) is 0.667. The van der Waals surface area contributed by atoms with E-state index in [2.05, 4.69) is 5.32 Å². The van der Waals surface area contributed by atoms with Gasteiger partial charge in [-0.15, -0.1) is 0 Å². The van der Waals surface area contributed by atoms with E-state index in [4.69, 9.17) is 9.84 Å². The van der Waals surface area contributed by atoms with Crippen molar-refractivity contribution in [1.29, 1.82) is 0 Å². The maximum Gasteiger partial charge on any atom is 0.133 e. The minimum Gasteiger partial charge on any atom is -0.493 e. The molecule has 0 radical (unpaired) electrons. The van der Waals surface area contributed by atoms with Gasteiger partial charge in [-0.1, -0.05) is 0 Å². The van der Waals surface area contributed by atoms with E-state index >= 15 is 0 Å². The molecule has 1 heterocycles. The number of aliphatic hydroxyl groups excluding tert-OH is 1. The average Bonchev–Trinajstić information content (AvgIpc) is 3.31. The normalized spacial score (nSPS) is 24.7. The smallest absolute Gasteiger partial charge is 0.133 e. The van der Waals surface area contributed by atoms with Crippen molar-refractivity contribution in [1.82, 2.24) is 5.32 Å². The predicted molar refractivity (Wildman–Crippen MR) is 84.5 cm³/mol. The molecule has 0 amide bonds. The molecule has 1 aliphatic heterocycles. The van der Waals surface area contributed by atoms with E-state index in [1.807, 2.05) is 0 Å². The highest BCUT2D eigenvalue weighted by Crippen LogP contribution is 2.49. The number of aliphatic hydroxyl groups is 1. The lowest BCUT2D eigenvalue weighted by Gasteiger charge is -2.22. The summed E-state index contributed by atoms with van der Waals surface area (Å²) in [7, 11) is 0. The third-order valence-corrected chi connectivity index (χ3v) is 5.20. The maximum atomic E-state index is 13.8. The Morgan fingerprint density at radius 3 is 2.52 bits per heavy atom. The Morgan fingerprint density at radius 2 is 1.87 bits per heavy atom. The fourth-order valence-electron chi connectivity index (χ4n) is 3.79. The number of rotatable bonds is 7. The molecule has 128 valence electrons. The van der Waals surface area contributed by atoms with Gasteiger partial charge in [0.1, 0.15) is 17.4 Å². The number of piperidine rings is 1. The van der Waals surface area contributed by atoms with Gasteiger partial charge in [0.2, 0.25) is 0 Å². The number of nitrogens with one attached hydrogen (secondary N) is 1. The summed E-state index contributed by atoms with van der Waals surface area (Å²) in [5, 5.41) is 12.2. The molecular formula is C18H25F2NO2. The van der Waals surface area contributed by atoms with Crippen LogP contribution in [0.2, 0.25) is 0 Å². The highest BCUT2D eigenvalue weighted by molar-refractivity contribution is 5.30. The minimum absolute atomic E-state index is 0.0159. The van der Waals surface area contributed by atoms with Crippen LogP contribution in [0.3, 0.4) is 0 Å². The monoisotopic (exact) mass is 325 g/mol. The predicted octanol–water partition coefficient (Wildman–Crippen LogP) is 2.90. The first kappa shape index (κ1) is 16.7. The highest BCUT2D eigenvalue weighted by atomic mass is 19.1. The van der Waals surface area contributed by atoms with Crippen LogP contribution in [0.4, 0.5) is 8.78 Å². The van der Waals surface area contributed by atoms with E-state index in [9.17, 15) is 8.78 Å². The summed E-state index contributed by atoms with van der Waals surface area (Å²) in [6.07, 6.45) is 4.75. The number of hydrogen-bond acceptors (Lipinski definition) is 3. The second-order valence-corrected chi connectivity index (χ2v) is 6.72. The number of hydrogen-bond donors (Lipinski definition) is 2. The van der Waals surface area contributed by atoms with Gasteiger partial charge in [-0.05, 0) is 56.5 Å². The van der Waals surface area contributed by atoms with Gasteiger partial charge in [0.15, 0.2) is 0 Å². The summed E-state index contributed by atoms with van der Waals surface area (Å²) in [5.74, 6) is 1.32. The van der Waals surface area contributed by atoms with Crippen LogP contribution in [-0.4, -0.2) is 31.4 Å². The number of halogens is 2. The first-order valence-corrected chi connectivity index (χ1v) is 8.61. The van der Waals surface area contributed by atoms with Gasteiger partial charge in [0, 0.05) is 30.7 Å². The van der Waals surface area contributed by atoms with E-state index < -0.39 is 11.6 Å². The van der Waals surface area contributed by atoms with Crippen LogP contribution in [0, 0.1) is 29.4 Å². The van der Waals surface area contributed by atoms with Crippen molar-refractivity contribution < 1.29 is 18.6 Å². The van der Waals surface area contributed by atoms with E-state index in [0.717, 1.165) is 31.3 Å². The van der Waals surface area contributed by atoms with E-state index in [-0.39, 0.29) is 24.3 Å². The van der Waals surface area contributed by atoms with Crippen LogP contribution < -0.4 is 10.1 Å². The maximum absolute atomic E-state index is 13.8. The van der Waals surface area contributed by atoms with Gasteiger partial charge in [-0.3, -0.25) is 0 Å². The van der Waals surface area contributed by atoms with E-state index in [0.29, 0.717) is 12.5 Å². The summed E-state index contributed by atoms with van der Waals surface area (Å²) in [5.41, 5.74) is -0.0759. The van der Waals surface area contributed by atoms with Crippen LogP contribution in [0.5, 0.6) is 5.75 Å². The molecule has 1 aromatic rings. The lowest BCUT2D eigenvalue weighted by atomic mass is 9.91. The minimum atomic E-state index is -0.645. The molecule has 1 saturated carbocycles. The van der Waals surface area contributed by atoms with Gasteiger partial charge < -0.3 is 15.2 Å². The lowest BCUT2D eigenvalue weighted by Crippen LogP contribution is -2.29. The largest absolute Gasteiger partial charge is 0.493 e. The Labute approximate surface area is 136 Å². The Bertz CT molecular complexity index is 509. The molecule has 1 aromatic carbocycles. The first-order valence-electron chi connectivity index (χ1n) is 8.61. The number of benzene rings is 1. The fourth-order valence-corrected chi connectivity index (χ4v) is 3.79. The molecule has 3 rings (SSSR count). The zero-order valence-corrected chi connectivity index (χ0v) is 13.4. The molecule has 2 atom stereocenters. The summed E-state index contributed by atoms with van der Waals surface area (Å²) in [6.45, 7) is 2.49. The summed E-state index contributed by atoms with van der Waals surface area (Å²) < 4.78 is 33.1. The zero-order chi connectivity index (χ0) is 16.2. The van der Waals surface area contributed by atoms with E-state index in [1.54, 1.807) is 0 Å². The molecule has 2 fully saturated rings. The van der Waals surface area contributed by atoms with Crippen molar-refractivity contribution in [2.45, 2.75) is 32.1 Å². The van der Waals surface area contributed by atoms with E-state index in [1.165, 1.54) is 31.4 Å². The van der Waals surface area contributed by atoms with Crippen LogP contribution in [0.15, 0.2) is 12.1 Å². The second kappa shape index (κ2) is 7.58. The van der Waals surface area contributed by atoms with Crippen LogP contribution in [-0.2, 0) is 6.42 Å². The standard InChI is InChI=1S/C18H25F2NO2/c19-17-10-14(11-18(20)15(17)3-7-22)23-8-4-13-9-16(13)12-1-5-21-6-2-12/h10-13,16,21-22H,1-9H2. The summed E-state index contributed by atoms with van der Waals surface area (Å²) in [4.78, 5) is 0. The van der Waals surface area contributed by atoms with Crippen molar-refractivity contribution >= 4 is 0 Å². The topological polar surface area (TPSA) is 41.5 Å². The van der Waals surface area contributed by atoms with Crippen molar-refractivity contribution in [3.05, 3.63) is 29.3 Å².